The van der Waals surface area contributed by atoms with E-state index in [0.717, 1.165) is 30.7 Å². The minimum absolute atomic E-state index is 0.0133. The third-order valence-corrected chi connectivity index (χ3v) is 3.36. The average molecular weight is 284 g/mol. The van der Waals surface area contributed by atoms with E-state index >= 15 is 0 Å². The molecule has 104 valence electrons. The molecule has 19 heavy (non-hydrogen) atoms. The molecule has 1 atom stereocenters. The number of aliphatic carboxylic acids is 1. The molecule has 5 heteroatoms. The summed E-state index contributed by atoms with van der Waals surface area (Å²) in [4.78, 5) is 12.7. The van der Waals surface area contributed by atoms with Crippen LogP contribution in [0, 0.1) is 0 Å². The van der Waals surface area contributed by atoms with Gasteiger partial charge in [-0.05, 0) is 36.7 Å². The molecule has 1 aromatic carbocycles. The number of fused-ring (bicyclic) bond motifs is 1. The maximum Gasteiger partial charge on any atom is 0.317 e. The Morgan fingerprint density at radius 3 is 3.05 bits per heavy atom. The molecule has 0 aromatic heterocycles. The average Bonchev–Trinajstić information content (AvgIpc) is 2.69. The number of carbonyl (C=O) groups is 1. The predicted octanol–water partition coefficient (Wildman–Crippen LogP) is 2.44. The van der Waals surface area contributed by atoms with Gasteiger partial charge in [-0.1, -0.05) is 18.5 Å². The van der Waals surface area contributed by atoms with Crippen molar-refractivity contribution in [1.29, 1.82) is 0 Å². The molecule has 1 N–H and O–H groups in total. The molecular formula is C14H18ClNO3. The van der Waals surface area contributed by atoms with Gasteiger partial charge in [0.25, 0.3) is 0 Å². The Morgan fingerprint density at radius 2 is 2.37 bits per heavy atom. The molecule has 0 spiro atoms. The zero-order valence-electron chi connectivity index (χ0n) is 10.9. The van der Waals surface area contributed by atoms with Crippen molar-refractivity contribution in [2.24, 2.45) is 0 Å². The van der Waals surface area contributed by atoms with Gasteiger partial charge in [-0.25, -0.2) is 0 Å². The van der Waals surface area contributed by atoms with Crippen LogP contribution in [0.3, 0.4) is 0 Å². The van der Waals surface area contributed by atoms with Crippen molar-refractivity contribution in [3.8, 4) is 5.75 Å². The molecule has 0 bridgehead atoms. The maximum atomic E-state index is 10.8. The fourth-order valence-electron chi connectivity index (χ4n) is 2.42. The summed E-state index contributed by atoms with van der Waals surface area (Å²) in [5, 5.41) is 9.60. The quantitative estimate of drug-likeness (QED) is 0.871. The fraction of sp³-hybridized carbons (Fsp3) is 0.500. The van der Waals surface area contributed by atoms with Crippen molar-refractivity contribution in [2.75, 3.05) is 19.6 Å². The van der Waals surface area contributed by atoms with Gasteiger partial charge < -0.3 is 9.84 Å². The van der Waals surface area contributed by atoms with Crippen LogP contribution in [0.1, 0.15) is 18.9 Å². The van der Waals surface area contributed by atoms with Crippen LogP contribution in [0.2, 0.25) is 5.02 Å². The lowest BCUT2D eigenvalue weighted by atomic mass is 10.1. The smallest absolute Gasteiger partial charge is 0.317 e. The number of halogens is 1. The van der Waals surface area contributed by atoms with Gasteiger partial charge >= 0.3 is 5.97 Å². The molecule has 0 saturated heterocycles. The molecule has 1 unspecified atom stereocenters. The first-order chi connectivity index (χ1) is 9.08. The number of nitrogens with zero attached hydrogens (tertiary/aromatic N) is 1. The van der Waals surface area contributed by atoms with Crippen molar-refractivity contribution >= 4 is 17.6 Å². The number of benzene rings is 1. The Labute approximate surface area is 117 Å². The van der Waals surface area contributed by atoms with E-state index in [2.05, 4.69) is 0 Å². The van der Waals surface area contributed by atoms with E-state index in [0.29, 0.717) is 11.6 Å². The molecule has 1 aromatic rings. The SMILES string of the molecule is CCCN(CC(=O)O)CC1Cc2cc(Cl)ccc2O1. The molecular weight excluding hydrogens is 266 g/mol. The van der Waals surface area contributed by atoms with E-state index in [1.807, 2.05) is 30.0 Å². The lowest BCUT2D eigenvalue weighted by Gasteiger charge is -2.22. The highest BCUT2D eigenvalue weighted by Gasteiger charge is 2.25. The van der Waals surface area contributed by atoms with Crippen molar-refractivity contribution < 1.29 is 14.6 Å². The highest BCUT2D eigenvalue weighted by molar-refractivity contribution is 6.30. The summed E-state index contributed by atoms with van der Waals surface area (Å²) in [6.07, 6.45) is 1.73. The van der Waals surface area contributed by atoms with Gasteiger partial charge in [-0.3, -0.25) is 9.69 Å². The third kappa shape index (κ3) is 3.85. The lowest BCUT2D eigenvalue weighted by molar-refractivity contribution is -0.138. The van der Waals surface area contributed by atoms with Crippen molar-refractivity contribution in [1.82, 2.24) is 4.90 Å². The van der Waals surface area contributed by atoms with E-state index in [-0.39, 0.29) is 12.6 Å². The highest BCUT2D eigenvalue weighted by Crippen LogP contribution is 2.31. The number of carboxylic acids is 1. The van der Waals surface area contributed by atoms with Crippen LogP contribution in [-0.4, -0.2) is 41.7 Å². The van der Waals surface area contributed by atoms with Gasteiger partial charge in [-0.15, -0.1) is 0 Å². The standard InChI is InChI=1S/C14H18ClNO3/c1-2-5-16(9-14(17)18)8-12-7-10-6-11(15)3-4-13(10)19-12/h3-4,6,12H,2,5,7-9H2,1H3,(H,17,18). The second kappa shape index (κ2) is 6.26. The lowest BCUT2D eigenvalue weighted by Crippen LogP contribution is -2.38. The molecule has 0 saturated carbocycles. The summed E-state index contributed by atoms with van der Waals surface area (Å²) < 4.78 is 5.83. The molecule has 1 aliphatic heterocycles. The van der Waals surface area contributed by atoms with Crippen LogP contribution >= 0.6 is 11.6 Å². The summed E-state index contributed by atoms with van der Waals surface area (Å²) in [6.45, 7) is 3.50. The molecule has 0 radical (unpaired) electrons. The van der Waals surface area contributed by atoms with E-state index in [1.165, 1.54) is 0 Å². The second-order valence-corrected chi connectivity index (χ2v) is 5.26. The highest BCUT2D eigenvalue weighted by atomic mass is 35.5. The number of hydrogen-bond donors (Lipinski definition) is 1. The van der Waals surface area contributed by atoms with Crippen LogP contribution in [-0.2, 0) is 11.2 Å². The van der Waals surface area contributed by atoms with E-state index in [4.69, 9.17) is 21.4 Å². The Bertz CT molecular complexity index is 464. The Kier molecular flexibility index (Phi) is 4.66. The van der Waals surface area contributed by atoms with Crippen LogP contribution in [0.5, 0.6) is 5.75 Å². The molecule has 0 fully saturated rings. The van der Waals surface area contributed by atoms with Gasteiger partial charge in [0, 0.05) is 18.0 Å². The van der Waals surface area contributed by atoms with Crippen LogP contribution < -0.4 is 4.74 Å². The number of rotatable bonds is 6. The Hall–Kier alpha value is -1.26. The predicted molar refractivity (Wildman–Crippen MR) is 73.9 cm³/mol. The zero-order valence-corrected chi connectivity index (χ0v) is 11.7. The molecule has 2 rings (SSSR count). The Balaban J connectivity index is 1.95. The topological polar surface area (TPSA) is 49.8 Å². The summed E-state index contributed by atoms with van der Waals surface area (Å²) in [5.74, 6) is 0.0631. The first kappa shape index (κ1) is 14.2. The molecule has 1 heterocycles. The Morgan fingerprint density at radius 1 is 1.58 bits per heavy atom. The largest absolute Gasteiger partial charge is 0.488 e. The summed E-state index contributed by atoms with van der Waals surface area (Å²) in [6, 6.07) is 5.60. The van der Waals surface area contributed by atoms with Gasteiger partial charge in [0.2, 0.25) is 0 Å². The first-order valence-corrected chi connectivity index (χ1v) is 6.85. The molecule has 0 amide bonds. The zero-order chi connectivity index (χ0) is 13.8. The van der Waals surface area contributed by atoms with Crippen molar-refractivity contribution in [3.05, 3.63) is 28.8 Å². The van der Waals surface area contributed by atoms with Gasteiger partial charge in [0.1, 0.15) is 11.9 Å². The van der Waals surface area contributed by atoms with E-state index in [9.17, 15) is 4.79 Å². The third-order valence-electron chi connectivity index (χ3n) is 3.12. The number of hydrogen-bond acceptors (Lipinski definition) is 3. The summed E-state index contributed by atoms with van der Waals surface area (Å²) >= 11 is 5.95. The fourth-order valence-corrected chi connectivity index (χ4v) is 2.62. The van der Waals surface area contributed by atoms with Crippen LogP contribution in [0.15, 0.2) is 18.2 Å². The van der Waals surface area contributed by atoms with Crippen molar-refractivity contribution in [3.63, 3.8) is 0 Å². The minimum Gasteiger partial charge on any atom is -0.488 e. The first-order valence-electron chi connectivity index (χ1n) is 6.47. The normalized spacial score (nSPS) is 17.3. The molecule has 1 aliphatic rings. The van der Waals surface area contributed by atoms with Crippen LogP contribution in [0.25, 0.3) is 0 Å². The maximum absolute atomic E-state index is 10.8. The summed E-state index contributed by atoms with van der Waals surface area (Å²) in [5.41, 5.74) is 1.10. The van der Waals surface area contributed by atoms with E-state index in [1.54, 1.807) is 0 Å². The summed E-state index contributed by atoms with van der Waals surface area (Å²) in [7, 11) is 0. The van der Waals surface area contributed by atoms with Crippen molar-refractivity contribution in [2.45, 2.75) is 25.9 Å². The minimum atomic E-state index is -0.799. The molecule has 4 nitrogen and oxygen atoms in total. The monoisotopic (exact) mass is 283 g/mol. The number of ether oxygens (including phenoxy) is 1. The van der Waals surface area contributed by atoms with Gasteiger partial charge in [-0.2, -0.15) is 0 Å². The second-order valence-electron chi connectivity index (χ2n) is 4.82. The van der Waals surface area contributed by atoms with Gasteiger partial charge in [0.15, 0.2) is 0 Å². The van der Waals surface area contributed by atoms with E-state index < -0.39 is 5.97 Å². The number of carboxylic acid groups (broad SMARTS) is 1. The van der Waals surface area contributed by atoms with Crippen LogP contribution in [0.4, 0.5) is 0 Å². The molecule has 0 aliphatic carbocycles. The van der Waals surface area contributed by atoms with Gasteiger partial charge in [0.05, 0.1) is 6.54 Å².